The number of nitrogens with one attached hydrogen (secondary N) is 2. The van der Waals surface area contributed by atoms with E-state index in [-0.39, 0.29) is 5.54 Å². The maximum Gasteiger partial charge on any atom is 0.167 e. The normalized spacial score (nSPS) is 24.8. The van der Waals surface area contributed by atoms with Gasteiger partial charge in [0, 0.05) is 12.1 Å². The summed E-state index contributed by atoms with van der Waals surface area (Å²) in [6, 6.07) is 3.77. The van der Waals surface area contributed by atoms with Gasteiger partial charge < -0.3 is 10.6 Å². The van der Waals surface area contributed by atoms with Gasteiger partial charge in [-0.1, -0.05) is 0 Å². The zero-order valence-corrected chi connectivity index (χ0v) is 8.62. The third-order valence-corrected chi connectivity index (χ3v) is 2.63. The zero-order valence-electron chi connectivity index (χ0n) is 8.62. The zero-order chi connectivity index (χ0) is 10.7. The molecule has 5 nitrogen and oxygen atoms in total. The van der Waals surface area contributed by atoms with Crippen LogP contribution in [0.15, 0.2) is 12.3 Å². The van der Waals surface area contributed by atoms with Crippen LogP contribution < -0.4 is 10.6 Å². The van der Waals surface area contributed by atoms with Crippen LogP contribution in [0, 0.1) is 11.3 Å². The molecule has 1 fully saturated rings. The fraction of sp³-hybridized carbons (Fsp3) is 0.500. The Hall–Kier alpha value is -1.67. The van der Waals surface area contributed by atoms with Crippen LogP contribution in [0.25, 0.3) is 0 Å². The molecule has 1 aromatic heterocycles. The van der Waals surface area contributed by atoms with Gasteiger partial charge in [0.2, 0.25) is 0 Å². The molecule has 5 heteroatoms. The fourth-order valence-corrected chi connectivity index (χ4v) is 1.72. The van der Waals surface area contributed by atoms with Gasteiger partial charge in [-0.15, -0.1) is 5.10 Å². The van der Waals surface area contributed by atoms with Crippen molar-refractivity contribution < 1.29 is 0 Å². The summed E-state index contributed by atoms with van der Waals surface area (Å²) < 4.78 is 0. The molecule has 1 aliphatic heterocycles. The Bertz CT molecular complexity index is 389. The van der Waals surface area contributed by atoms with Crippen molar-refractivity contribution in [1.29, 1.82) is 5.26 Å². The Morgan fingerprint density at radius 3 is 3.20 bits per heavy atom. The lowest BCUT2D eigenvalue weighted by atomic mass is 10.0. The first-order chi connectivity index (χ1) is 7.23. The van der Waals surface area contributed by atoms with Crippen molar-refractivity contribution >= 4 is 5.82 Å². The summed E-state index contributed by atoms with van der Waals surface area (Å²) in [5.41, 5.74) is 0.514. The van der Waals surface area contributed by atoms with E-state index in [1.165, 1.54) is 6.20 Å². The van der Waals surface area contributed by atoms with Crippen molar-refractivity contribution in [2.45, 2.75) is 18.9 Å². The summed E-state index contributed by atoms with van der Waals surface area (Å²) in [6.07, 6.45) is 2.55. The molecule has 78 valence electrons. The summed E-state index contributed by atoms with van der Waals surface area (Å²) in [6.45, 7) is 3.99. The van der Waals surface area contributed by atoms with Crippen molar-refractivity contribution in [3.63, 3.8) is 0 Å². The molecule has 2 N–H and O–H groups in total. The van der Waals surface area contributed by atoms with Crippen LogP contribution in [0.2, 0.25) is 0 Å². The molecule has 2 heterocycles. The standard InChI is InChI=1S/C10H13N5/c1-10(3-5-12-7-10)14-9-8(6-11)2-4-13-15-9/h2,4,12H,3,5,7H2,1H3,(H,14,15). The highest BCUT2D eigenvalue weighted by atomic mass is 15.2. The monoisotopic (exact) mass is 203 g/mol. The van der Waals surface area contributed by atoms with Gasteiger partial charge in [-0.25, -0.2) is 0 Å². The van der Waals surface area contributed by atoms with E-state index in [2.05, 4.69) is 33.8 Å². The third kappa shape index (κ3) is 2.05. The summed E-state index contributed by atoms with van der Waals surface area (Å²) in [5.74, 6) is 0.575. The smallest absolute Gasteiger partial charge is 0.167 e. The molecule has 0 spiro atoms. The lowest BCUT2D eigenvalue weighted by molar-refractivity contribution is 0.562. The lowest BCUT2D eigenvalue weighted by Gasteiger charge is -2.25. The van der Waals surface area contributed by atoms with Crippen LogP contribution in [-0.2, 0) is 0 Å². The Kier molecular flexibility index (Phi) is 2.52. The number of aromatic nitrogens is 2. The molecule has 2 rings (SSSR count). The number of nitriles is 1. The minimum atomic E-state index is -0.0262. The van der Waals surface area contributed by atoms with Crippen LogP contribution in [-0.4, -0.2) is 28.8 Å². The van der Waals surface area contributed by atoms with Gasteiger partial charge in [-0.2, -0.15) is 10.4 Å². The SMILES string of the molecule is CC1(Nc2nnccc2C#N)CCNC1. The topological polar surface area (TPSA) is 73.6 Å². The van der Waals surface area contributed by atoms with Gasteiger partial charge >= 0.3 is 0 Å². The summed E-state index contributed by atoms with van der Waals surface area (Å²) in [4.78, 5) is 0. The van der Waals surface area contributed by atoms with Crippen LogP contribution in [0.1, 0.15) is 18.9 Å². The summed E-state index contributed by atoms with van der Waals surface area (Å²) in [5, 5.41) is 23.2. The average Bonchev–Trinajstić information content (AvgIpc) is 2.66. The summed E-state index contributed by atoms with van der Waals surface area (Å²) in [7, 11) is 0. The quantitative estimate of drug-likeness (QED) is 0.732. The highest BCUT2D eigenvalue weighted by molar-refractivity contribution is 5.51. The van der Waals surface area contributed by atoms with E-state index >= 15 is 0 Å². The first-order valence-electron chi connectivity index (χ1n) is 4.94. The second-order valence-corrected chi connectivity index (χ2v) is 4.02. The molecule has 1 aliphatic rings. The summed E-state index contributed by atoms with van der Waals surface area (Å²) >= 11 is 0. The average molecular weight is 203 g/mol. The van der Waals surface area contributed by atoms with Gasteiger partial charge in [0.15, 0.2) is 5.82 Å². The van der Waals surface area contributed by atoms with E-state index < -0.39 is 0 Å². The van der Waals surface area contributed by atoms with Gasteiger partial charge in [0.25, 0.3) is 0 Å². The first-order valence-corrected chi connectivity index (χ1v) is 4.94. The van der Waals surface area contributed by atoms with Crippen molar-refractivity contribution in [2.24, 2.45) is 0 Å². The number of rotatable bonds is 2. The lowest BCUT2D eigenvalue weighted by Crippen LogP contribution is -2.37. The molecule has 0 bridgehead atoms. The molecule has 1 atom stereocenters. The van der Waals surface area contributed by atoms with E-state index in [1.807, 2.05) is 0 Å². The number of nitrogens with zero attached hydrogens (tertiary/aromatic N) is 3. The Morgan fingerprint density at radius 1 is 1.67 bits per heavy atom. The van der Waals surface area contributed by atoms with Crippen molar-refractivity contribution in [2.75, 3.05) is 18.4 Å². The van der Waals surface area contributed by atoms with Crippen LogP contribution in [0.5, 0.6) is 0 Å². The van der Waals surface area contributed by atoms with Crippen molar-refractivity contribution in [1.82, 2.24) is 15.5 Å². The van der Waals surface area contributed by atoms with Gasteiger partial charge in [-0.3, -0.25) is 0 Å². The number of anilines is 1. The van der Waals surface area contributed by atoms with E-state index in [4.69, 9.17) is 5.26 Å². The minimum absolute atomic E-state index is 0.0262. The number of hydrogen-bond acceptors (Lipinski definition) is 5. The molecule has 15 heavy (non-hydrogen) atoms. The highest BCUT2D eigenvalue weighted by Gasteiger charge is 2.29. The van der Waals surface area contributed by atoms with Crippen molar-refractivity contribution in [3.05, 3.63) is 17.8 Å². The van der Waals surface area contributed by atoms with E-state index in [0.717, 1.165) is 19.5 Å². The number of hydrogen-bond donors (Lipinski definition) is 2. The molecule has 1 unspecified atom stereocenters. The fourth-order valence-electron chi connectivity index (χ4n) is 1.72. The van der Waals surface area contributed by atoms with E-state index in [1.54, 1.807) is 6.07 Å². The maximum atomic E-state index is 8.90. The Labute approximate surface area is 88.5 Å². The maximum absolute atomic E-state index is 8.90. The third-order valence-electron chi connectivity index (χ3n) is 2.63. The molecule has 0 aromatic carbocycles. The Morgan fingerprint density at radius 2 is 2.53 bits per heavy atom. The predicted octanol–water partition coefficient (Wildman–Crippen LogP) is 0.512. The largest absolute Gasteiger partial charge is 0.361 e. The molecule has 1 saturated heterocycles. The van der Waals surface area contributed by atoms with Gasteiger partial charge in [-0.05, 0) is 26.0 Å². The van der Waals surface area contributed by atoms with Crippen LogP contribution in [0.3, 0.4) is 0 Å². The molecule has 1 aromatic rings. The van der Waals surface area contributed by atoms with Gasteiger partial charge in [0.05, 0.1) is 11.8 Å². The van der Waals surface area contributed by atoms with Crippen LogP contribution >= 0.6 is 0 Å². The van der Waals surface area contributed by atoms with Gasteiger partial charge in [0.1, 0.15) is 6.07 Å². The molecule has 0 aliphatic carbocycles. The second-order valence-electron chi connectivity index (χ2n) is 4.02. The highest BCUT2D eigenvalue weighted by Crippen LogP contribution is 2.21. The molecular weight excluding hydrogens is 190 g/mol. The van der Waals surface area contributed by atoms with E-state index in [0.29, 0.717) is 11.4 Å². The molecular formula is C10H13N5. The molecule has 0 amide bonds. The van der Waals surface area contributed by atoms with Crippen LogP contribution in [0.4, 0.5) is 5.82 Å². The van der Waals surface area contributed by atoms with Crippen molar-refractivity contribution in [3.8, 4) is 6.07 Å². The molecule has 0 saturated carbocycles. The minimum Gasteiger partial charge on any atom is -0.361 e. The molecule has 0 radical (unpaired) electrons. The second kappa shape index (κ2) is 3.83. The first kappa shape index (κ1) is 9.87. The predicted molar refractivity (Wildman–Crippen MR) is 56.3 cm³/mol. The van der Waals surface area contributed by atoms with E-state index in [9.17, 15) is 0 Å². The Balaban J connectivity index is 2.20.